The maximum Gasteiger partial charge on any atom is 0.174 e. The number of aryl methyl sites for hydroxylation is 1. The second-order valence-electron chi connectivity index (χ2n) is 6.33. The highest BCUT2D eigenvalue weighted by molar-refractivity contribution is 5.87. The van der Waals surface area contributed by atoms with Gasteiger partial charge in [-0.25, -0.2) is 0 Å². The summed E-state index contributed by atoms with van der Waals surface area (Å²) in [5, 5.41) is 18.3. The summed E-state index contributed by atoms with van der Waals surface area (Å²) >= 11 is 0. The second-order valence-corrected chi connectivity index (χ2v) is 6.33. The van der Waals surface area contributed by atoms with Crippen molar-refractivity contribution in [2.24, 2.45) is 0 Å². The molecule has 0 saturated heterocycles. The number of allylic oxidation sites excluding steroid dienone is 1. The van der Waals surface area contributed by atoms with Crippen molar-refractivity contribution in [2.75, 3.05) is 13.7 Å². The van der Waals surface area contributed by atoms with Gasteiger partial charge in [0.2, 0.25) is 0 Å². The van der Waals surface area contributed by atoms with E-state index in [0.717, 1.165) is 43.6 Å². The SMILES string of the molecule is CCCOc1cc(C=C(C#N)c2nnc3n2CCCCC3)ccc1OC. The molecule has 2 heterocycles. The summed E-state index contributed by atoms with van der Waals surface area (Å²) in [5.41, 5.74) is 1.39. The van der Waals surface area contributed by atoms with Gasteiger partial charge in [0.25, 0.3) is 0 Å². The Morgan fingerprint density at radius 3 is 2.92 bits per heavy atom. The largest absolute Gasteiger partial charge is 0.493 e. The molecule has 1 aromatic carbocycles. The van der Waals surface area contributed by atoms with E-state index in [1.54, 1.807) is 7.11 Å². The molecule has 1 aliphatic heterocycles. The Kier molecular flexibility index (Phi) is 5.90. The van der Waals surface area contributed by atoms with Crippen LogP contribution in [0.5, 0.6) is 11.5 Å². The van der Waals surface area contributed by atoms with E-state index in [1.165, 1.54) is 6.42 Å². The summed E-state index contributed by atoms with van der Waals surface area (Å²) in [7, 11) is 1.62. The van der Waals surface area contributed by atoms with E-state index in [0.29, 0.717) is 29.5 Å². The maximum absolute atomic E-state index is 9.69. The third kappa shape index (κ3) is 3.88. The van der Waals surface area contributed by atoms with E-state index in [-0.39, 0.29) is 0 Å². The molecule has 136 valence electrons. The zero-order valence-corrected chi connectivity index (χ0v) is 15.4. The van der Waals surface area contributed by atoms with E-state index in [4.69, 9.17) is 9.47 Å². The number of aromatic nitrogens is 3. The third-order valence-corrected chi connectivity index (χ3v) is 4.43. The monoisotopic (exact) mass is 352 g/mol. The van der Waals surface area contributed by atoms with Gasteiger partial charge in [-0.1, -0.05) is 19.4 Å². The first-order chi connectivity index (χ1) is 12.8. The van der Waals surface area contributed by atoms with E-state index in [1.807, 2.05) is 24.3 Å². The third-order valence-electron chi connectivity index (χ3n) is 4.43. The Balaban J connectivity index is 1.95. The lowest BCUT2D eigenvalue weighted by Crippen LogP contribution is -2.05. The molecule has 0 aliphatic carbocycles. The van der Waals surface area contributed by atoms with Crippen molar-refractivity contribution in [2.45, 2.75) is 45.6 Å². The molecule has 2 aromatic rings. The van der Waals surface area contributed by atoms with Crippen molar-refractivity contribution in [3.8, 4) is 17.6 Å². The predicted molar refractivity (Wildman–Crippen MR) is 99.8 cm³/mol. The van der Waals surface area contributed by atoms with Crippen molar-refractivity contribution in [3.05, 3.63) is 35.4 Å². The van der Waals surface area contributed by atoms with Gasteiger partial charge in [0, 0.05) is 13.0 Å². The van der Waals surface area contributed by atoms with Gasteiger partial charge in [-0.15, -0.1) is 10.2 Å². The number of hydrogen-bond donors (Lipinski definition) is 0. The Bertz CT molecular complexity index is 833. The summed E-state index contributed by atoms with van der Waals surface area (Å²) < 4.78 is 13.2. The fraction of sp³-hybridized carbons (Fsp3) is 0.450. The lowest BCUT2D eigenvalue weighted by Gasteiger charge is -2.11. The molecule has 3 rings (SSSR count). The van der Waals surface area contributed by atoms with Crippen molar-refractivity contribution in [1.82, 2.24) is 14.8 Å². The molecule has 1 aromatic heterocycles. The van der Waals surface area contributed by atoms with Gasteiger partial charge < -0.3 is 14.0 Å². The van der Waals surface area contributed by atoms with Crippen LogP contribution in [0.15, 0.2) is 18.2 Å². The zero-order chi connectivity index (χ0) is 18.4. The summed E-state index contributed by atoms with van der Waals surface area (Å²) in [5.74, 6) is 2.99. The number of benzene rings is 1. The average molecular weight is 352 g/mol. The topological polar surface area (TPSA) is 73.0 Å². The lowest BCUT2D eigenvalue weighted by molar-refractivity contribution is 0.294. The lowest BCUT2D eigenvalue weighted by atomic mass is 10.1. The molecular formula is C20H24N4O2. The van der Waals surface area contributed by atoms with Crippen LogP contribution < -0.4 is 9.47 Å². The molecule has 0 spiro atoms. The number of methoxy groups -OCH3 is 1. The Labute approximate surface area is 154 Å². The molecule has 1 aliphatic rings. The van der Waals surface area contributed by atoms with E-state index in [2.05, 4.69) is 27.8 Å². The van der Waals surface area contributed by atoms with Crippen molar-refractivity contribution in [3.63, 3.8) is 0 Å². The number of rotatable bonds is 6. The summed E-state index contributed by atoms with van der Waals surface area (Å²) in [4.78, 5) is 0. The number of fused-ring (bicyclic) bond motifs is 1. The van der Waals surface area contributed by atoms with Crippen LogP contribution in [0.1, 0.15) is 49.8 Å². The van der Waals surface area contributed by atoms with E-state index in [9.17, 15) is 5.26 Å². The minimum Gasteiger partial charge on any atom is -0.493 e. The molecule has 0 unspecified atom stereocenters. The van der Waals surface area contributed by atoms with Gasteiger partial charge in [-0.05, 0) is 43.0 Å². The van der Waals surface area contributed by atoms with Crippen molar-refractivity contribution >= 4 is 11.6 Å². The first kappa shape index (κ1) is 18.0. The normalized spacial score (nSPS) is 14.3. The van der Waals surface area contributed by atoms with Gasteiger partial charge in [0.05, 0.1) is 19.3 Å². The Morgan fingerprint density at radius 2 is 2.15 bits per heavy atom. The number of nitrogens with zero attached hydrogens (tertiary/aromatic N) is 4. The molecular weight excluding hydrogens is 328 g/mol. The van der Waals surface area contributed by atoms with Crippen LogP contribution in [0.2, 0.25) is 0 Å². The highest BCUT2D eigenvalue weighted by Gasteiger charge is 2.18. The number of ether oxygens (including phenoxy) is 2. The minimum atomic E-state index is 0.511. The zero-order valence-electron chi connectivity index (χ0n) is 15.4. The molecule has 0 atom stereocenters. The minimum absolute atomic E-state index is 0.511. The maximum atomic E-state index is 9.69. The molecule has 0 N–H and O–H groups in total. The summed E-state index contributed by atoms with van der Waals surface area (Å²) in [6.07, 6.45) is 7.07. The molecule has 0 radical (unpaired) electrons. The Hall–Kier alpha value is -2.81. The van der Waals surface area contributed by atoms with Gasteiger partial charge in [-0.2, -0.15) is 5.26 Å². The van der Waals surface area contributed by atoms with Gasteiger partial charge in [0.15, 0.2) is 17.3 Å². The molecule has 0 saturated carbocycles. The van der Waals surface area contributed by atoms with Crippen molar-refractivity contribution in [1.29, 1.82) is 5.26 Å². The standard InChI is InChI=1S/C20H24N4O2/c1-3-11-26-18-13-15(8-9-17(18)25-2)12-16(14-21)20-23-22-19-7-5-4-6-10-24(19)20/h8-9,12-13H,3-7,10-11H2,1-2H3. The molecule has 6 nitrogen and oxygen atoms in total. The van der Waals surface area contributed by atoms with Gasteiger partial charge in [0.1, 0.15) is 11.9 Å². The van der Waals surface area contributed by atoms with Crippen LogP contribution in [0.3, 0.4) is 0 Å². The summed E-state index contributed by atoms with van der Waals surface area (Å²) in [6, 6.07) is 7.94. The predicted octanol–water partition coefficient (Wildman–Crippen LogP) is 3.87. The summed E-state index contributed by atoms with van der Waals surface area (Å²) in [6.45, 7) is 3.54. The van der Waals surface area contributed by atoms with Crippen molar-refractivity contribution < 1.29 is 9.47 Å². The fourth-order valence-electron chi connectivity index (χ4n) is 3.11. The second kappa shape index (κ2) is 8.52. The number of hydrogen-bond acceptors (Lipinski definition) is 5. The highest BCUT2D eigenvalue weighted by atomic mass is 16.5. The molecule has 0 fully saturated rings. The van der Waals surface area contributed by atoms with E-state index >= 15 is 0 Å². The number of nitriles is 1. The highest BCUT2D eigenvalue weighted by Crippen LogP contribution is 2.30. The van der Waals surface area contributed by atoms with Crippen LogP contribution >= 0.6 is 0 Å². The van der Waals surface area contributed by atoms with Crippen LogP contribution in [0.4, 0.5) is 0 Å². The van der Waals surface area contributed by atoms with Crippen LogP contribution in [-0.4, -0.2) is 28.5 Å². The smallest absolute Gasteiger partial charge is 0.174 e. The molecule has 0 amide bonds. The van der Waals surface area contributed by atoms with Crippen LogP contribution in [0.25, 0.3) is 11.6 Å². The first-order valence-electron chi connectivity index (χ1n) is 9.12. The quantitative estimate of drug-likeness (QED) is 0.738. The van der Waals surface area contributed by atoms with Gasteiger partial charge >= 0.3 is 0 Å². The Morgan fingerprint density at radius 1 is 1.27 bits per heavy atom. The fourth-order valence-corrected chi connectivity index (χ4v) is 3.11. The first-order valence-corrected chi connectivity index (χ1v) is 9.12. The average Bonchev–Trinajstić information content (AvgIpc) is 2.92. The molecule has 26 heavy (non-hydrogen) atoms. The van der Waals surface area contributed by atoms with Crippen LogP contribution in [-0.2, 0) is 13.0 Å². The van der Waals surface area contributed by atoms with E-state index < -0.39 is 0 Å². The van der Waals surface area contributed by atoms with Gasteiger partial charge in [-0.3, -0.25) is 0 Å². The molecule has 6 heteroatoms. The molecule has 0 bridgehead atoms. The van der Waals surface area contributed by atoms with Crippen LogP contribution in [0, 0.1) is 11.3 Å².